The molecule has 0 radical (unpaired) electrons. The first-order valence-electron chi connectivity index (χ1n) is 13.0. The van der Waals surface area contributed by atoms with Gasteiger partial charge in [0.15, 0.2) is 5.65 Å². The van der Waals surface area contributed by atoms with Gasteiger partial charge in [0.2, 0.25) is 5.91 Å². The highest BCUT2D eigenvalue weighted by Crippen LogP contribution is 2.46. The van der Waals surface area contributed by atoms with Crippen molar-refractivity contribution in [2.45, 2.75) is 25.2 Å². The number of benzene rings is 1. The molecule has 3 aromatic rings. The first-order valence-corrected chi connectivity index (χ1v) is 13.4. The number of primary amides is 1. The quantitative estimate of drug-likeness (QED) is 0.316. The zero-order chi connectivity index (χ0) is 29.3. The van der Waals surface area contributed by atoms with Crippen molar-refractivity contribution in [3.8, 4) is 11.4 Å². The van der Waals surface area contributed by atoms with Crippen molar-refractivity contribution in [3.63, 3.8) is 0 Å². The maximum absolute atomic E-state index is 12.2. The van der Waals surface area contributed by atoms with E-state index >= 15 is 0 Å². The molecule has 0 unspecified atom stereocenters. The molecule has 2 aliphatic carbocycles. The normalized spacial score (nSPS) is 23.8. The van der Waals surface area contributed by atoms with Crippen molar-refractivity contribution in [1.29, 1.82) is 0 Å². The number of aliphatic carboxylic acids is 1. The summed E-state index contributed by atoms with van der Waals surface area (Å²) in [5, 5.41) is 11.1. The number of hydrogen-bond donors (Lipinski definition) is 4. The number of ether oxygens (including phenoxy) is 1. The number of carboxylic acids is 1. The number of nitrogens with one attached hydrogen (secondary N) is 2. The standard InChI is InChI=1S/C25H27ClN6O2.C2HF3O2/c26-18-12-28-25-22(21(18)29-20-17-6-5-16(11-17)19(20)23(27)33)30-24(31-25)15-3-1-14(2-4-15)13-32-7-9-34-10-8-32;3-2(4,5)1(6)7/h1-6,12,16-17,19-20H,7-11,13H2,(H2,27,33)(H2,28,29,30,31);(H,6,7)/t16-,17+,19+,20-;/m1./s1. The average Bonchev–Trinajstić information content (AvgIpc) is 3.66. The molecule has 2 bridgehead atoms. The Morgan fingerprint density at radius 1 is 1.17 bits per heavy atom. The smallest absolute Gasteiger partial charge is 0.475 e. The Kier molecular flexibility index (Phi) is 8.20. The van der Waals surface area contributed by atoms with E-state index in [0.29, 0.717) is 16.4 Å². The second-order valence-corrected chi connectivity index (χ2v) is 10.6. The lowest BCUT2D eigenvalue weighted by molar-refractivity contribution is -0.192. The molecule has 41 heavy (non-hydrogen) atoms. The van der Waals surface area contributed by atoms with E-state index in [1.54, 1.807) is 6.20 Å². The van der Waals surface area contributed by atoms with Crippen LogP contribution >= 0.6 is 11.6 Å². The van der Waals surface area contributed by atoms with Crippen LogP contribution in [-0.2, 0) is 20.9 Å². The lowest BCUT2D eigenvalue weighted by atomic mass is 9.88. The van der Waals surface area contributed by atoms with Gasteiger partial charge in [0.25, 0.3) is 0 Å². The number of aromatic nitrogens is 3. The predicted octanol–water partition coefficient (Wildman–Crippen LogP) is 3.83. The Bertz CT molecular complexity index is 1460. The fraction of sp³-hybridized carbons (Fsp3) is 0.407. The van der Waals surface area contributed by atoms with Crippen molar-refractivity contribution in [2.75, 3.05) is 31.6 Å². The molecule has 4 atom stereocenters. The maximum Gasteiger partial charge on any atom is 0.490 e. The van der Waals surface area contributed by atoms with Crippen LogP contribution in [0.3, 0.4) is 0 Å². The highest BCUT2D eigenvalue weighted by molar-refractivity contribution is 6.34. The third-order valence-corrected chi connectivity index (χ3v) is 7.84. The SMILES string of the molecule is NC(=O)[C@@H]1[C@H](Nc2c(Cl)cnc3nc(-c4ccc(CN5CCOCC5)cc4)[nH]c23)[C@H]2C=C[C@@H]1C2.O=C(O)C(F)(F)F. The number of hydrogen-bond acceptors (Lipinski definition) is 7. The van der Waals surface area contributed by atoms with Gasteiger partial charge in [-0.3, -0.25) is 9.69 Å². The molecule has 5 N–H and O–H groups in total. The number of halogens is 4. The van der Waals surface area contributed by atoms with Crippen LogP contribution in [0.25, 0.3) is 22.6 Å². The van der Waals surface area contributed by atoms with Gasteiger partial charge in [0.1, 0.15) is 11.3 Å². The number of H-pyrrole nitrogens is 1. The molecule has 14 heteroatoms. The van der Waals surface area contributed by atoms with Crippen LogP contribution in [0.4, 0.5) is 18.9 Å². The minimum absolute atomic E-state index is 0.0955. The molecule has 1 saturated carbocycles. The Labute approximate surface area is 237 Å². The predicted molar refractivity (Wildman–Crippen MR) is 145 cm³/mol. The van der Waals surface area contributed by atoms with Crippen molar-refractivity contribution in [2.24, 2.45) is 23.5 Å². The number of anilines is 1. The number of morpholine rings is 1. The summed E-state index contributed by atoms with van der Waals surface area (Å²) in [6.07, 6.45) is 1.73. The van der Waals surface area contributed by atoms with E-state index in [1.807, 2.05) is 0 Å². The number of allylic oxidation sites excluding steroid dienone is 1. The monoisotopic (exact) mass is 592 g/mol. The summed E-state index contributed by atoms with van der Waals surface area (Å²) in [7, 11) is 0. The summed E-state index contributed by atoms with van der Waals surface area (Å²) >= 11 is 6.56. The Hall–Kier alpha value is -3.68. The lowest BCUT2D eigenvalue weighted by Crippen LogP contribution is -2.41. The number of carbonyl (C=O) groups excluding carboxylic acids is 1. The van der Waals surface area contributed by atoms with Gasteiger partial charge in [-0.2, -0.15) is 13.2 Å². The molecule has 3 aliphatic rings. The van der Waals surface area contributed by atoms with Crippen molar-refractivity contribution < 1.29 is 32.6 Å². The summed E-state index contributed by atoms with van der Waals surface area (Å²) in [6.45, 7) is 4.42. The van der Waals surface area contributed by atoms with Crippen molar-refractivity contribution in [3.05, 3.63) is 53.2 Å². The van der Waals surface area contributed by atoms with Gasteiger partial charge in [0, 0.05) is 31.2 Å². The van der Waals surface area contributed by atoms with E-state index in [4.69, 9.17) is 37.0 Å². The molecule has 6 rings (SSSR count). The van der Waals surface area contributed by atoms with Gasteiger partial charge in [-0.25, -0.2) is 14.8 Å². The fourth-order valence-corrected chi connectivity index (χ4v) is 5.77. The molecule has 1 aliphatic heterocycles. The summed E-state index contributed by atoms with van der Waals surface area (Å²) in [4.78, 5) is 36.0. The van der Waals surface area contributed by atoms with E-state index in [1.165, 1.54) is 5.56 Å². The molecule has 0 spiro atoms. The second-order valence-electron chi connectivity index (χ2n) is 10.2. The third-order valence-electron chi connectivity index (χ3n) is 7.55. The number of carboxylic acid groups (broad SMARTS) is 1. The summed E-state index contributed by atoms with van der Waals surface area (Å²) in [5.41, 5.74) is 10.00. The van der Waals surface area contributed by atoms with E-state index in [2.05, 4.69) is 56.6 Å². The van der Waals surface area contributed by atoms with Crippen molar-refractivity contribution >= 4 is 40.3 Å². The van der Waals surface area contributed by atoms with E-state index < -0.39 is 12.1 Å². The number of pyridine rings is 1. The number of imidazole rings is 1. The van der Waals surface area contributed by atoms with E-state index in [0.717, 1.165) is 56.2 Å². The molecule has 2 aromatic heterocycles. The Morgan fingerprint density at radius 2 is 1.83 bits per heavy atom. The highest BCUT2D eigenvalue weighted by atomic mass is 35.5. The number of nitrogens with two attached hydrogens (primary N) is 1. The molecule has 1 saturated heterocycles. The zero-order valence-corrected chi connectivity index (χ0v) is 22.5. The number of alkyl halides is 3. The first kappa shape index (κ1) is 28.8. The van der Waals surface area contributed by atoms with Gasteiger partial charge in [-0.1, -0.05) is 48.0 Å². The fourth-order valence-electron chi connectivity index (χ4n) is 5.57. The number of fused-ring (bicyclic) bond motifs is 3. The molecule has 10 nitrogen and oxygen atoms in total. The van der Waals surface area contributed by atoms with Crippen LogP contribution in [0.1, 0.15) is 12.0 Å². The van der Waals surface area contributed by atoms with Gasteiger partial charge in [-0.05, 0) is 23.8 Å². The van der Waals surface area contributed by atoms with Gasteiger partial charge < -0.3 is 25.9 Å². The Balaban J connectivity index is 0.000000431. The first-order chi connectivity index (χ1) is 19.5. The van der Waals surface area contributed by atoms with Crippen LogP contribution in [0, 0.1) is 17.8 Å². The number of amides is 1. The molecule has 218 valence electrons. The third kappa shape index (κ3) is 6.31. The zero-order valence-electron chi connectivity index (χ0n) is 21.7. The van der Waals surface area contributed by atoms with E-state index in [9.17, 15) is 18.0 Å². The van der Waals surface area contributed by atoms with Crippen LogP contribution < -0.4 is 11.1 Å². The highest BCUT2D eigenvalue weighted by Gasteiger charge is 2.47. The van der Waals surface area contributed by atoms with E-state index in [-0.39, 0.29) is 29.7 Å². The number of carbonyl (C=O) groups is 2. The number of nitrogens with zero attached hydrogens (tertiary/aromatic N) is 3. The summed E-state index contributed by atoms with van der Waals surface area (Å²) in [6, 6.07) is 8.33. The van der Waals surface area contributed by atoms with Crippen LogP contribution in [0.2, 0.25) is 5.02 Å². The topological polar surface area (TPSA) is 146 Å². The van der Waals surface area contributed by atoms with Gasteiger partial charge >= 0.3 is 12.1 Å². The minimum atomic E-state index is -5.08. The molecule has 1 amide bonds. The molecule has 2 fully saturated rings. The molecular weight excluding hydrogens is 565 g/mol. The lowest BCUT2D eigenvalue weighted by Gasteiger charge is -2.28. The average molecular weight is 593 g/mol. The molecule has 3 heterocycles. The van der Waals surface area contributed by atoms with Crippen LogP contribution in [0.15, 0.2) is 42.6 Å². The van der Waals surface area contributed by atoms with Gasteiger partial charge in [0.05, 0.1) is 36.0 Å². The summed E-state index contributed by atoms with van der Waals surface area (Å²) < 4.78 is 37.2. The minimum Gasteiger partial charge on any atom is -0.475 e. The largest absolute Gasteiger partial charge is 0.490 e. The molecule has 1 aromatic carbocycles. The van der Waals surface area contributed by atoms with Crippen LogP contribution in [0.5, 0.6) is 0 Å². The van der Waals surface area contributed by atoms with Crippen LogP contribution in [-0.4, -0.2) is 75.4 Å². The number of rotatable bonds is 6. The second kappa shape index (κ2) is 11.7. The molecular formula is C27H28ClF3N6O4. The summed E-state index contributed by atoms with van der Waals surface area (Å²) in [5.74, 6) is -2.13. The van der Waals surface area contributed by atoms with Crippen molar-refractivity contribution in [1.82, 2.24) is 19.9 Å². The maximum atomic E-state index is 12.2. The Morgan fingerprint density at radius 3 is 2.46 bits per heavy atom. The van der Waals surface area contributed by atoms with Gasteiger partial charge in [-0.15, -0.1) is 0 Å². The number of aromatic amines is 1.